The first-order chi connectivity index (χ1) is 30.5. The molecule has 0 unspecified atom stereocenters. The zero-order valence-electron chi connectivity index (χ0n) is 36.0. The van der Waals surface area contributed by atoms with Gasteiger partial charge in [-0.05, 0) is 146 Å². The fraction of sp³-hybridized carbons (Fsp3) is 0.451. The van der Waals surface area contributed by atoms with Crippen LogP contribution in [-0.4, -0.2) is 58.9 Å². The first kappa shape index (κ1) is 45.1. The van der Waals surface area contributed by atoms with Crippen molar-refractivity contribution in [2.45, 2.75) is 101 Å². The fourth-order valence-electron chi connectivity index (χ4n) is 10.5. The monoisotopic (exact) mass is 887 g/mol. The Morgan fingerprint density at radius 3 is 2.67 bits per heavy atom. The minimum Gasteiger partial charge on any atom is -0.875 e. The molecule has 3 aliphatic carbocycles. The van der Waals surface area contributed by atoms with Crippen LogP contribution in [0.2, 0.25) is 0 Å². The molecule has 0 aromatic heterocycles. The van der Waals surface area contributed by atoms with E-state index in [0.29, 0.717) is 71.9 Å². The van der Waals surface area contributed by atoms with Gasteiger partial charge in [-0.15, -0.1) is 5.76 Å². The molecule has 12 heteroatoms. The molecule has 332 valence electrons. The number of nitrogens with zero attached hydrogens (tertiary/aromatic N) is 1. The lowest BCUT2D eigenvalue weighted by atomic mass is 9.62. The summed E-state index contributed by atoms with van der Waals surface area (Å²) in [5.41, 5.74) is 19.1. The van der Waals surface area contributed by atoms with Gasteiger partial charge in [0.15, 0.2) is 17.3 Å². The number of nitrogens with one attached hydrogen (secondary N) is 1. The van der Waals surface area contributed by atoms with Crippen molar-refractivity contribution in [3.63, 3.8) is 0 Å². The highest BCUT2D eigenvalue weighted by Crippen LogP contribution is 2.64. The first-order valence-electron chi connectivity index (χ1n) is 22.3. The summed E-state index contributed by atoms with van der Waals surface area (Å²) < 4.78 is 6.15. The zero-order chi connectivity index (χ0) is 44.1. The molecule has 63 heavy (non-hydrogen) atoms. The quantitative estimate of drug-likeness (QED) is 0.0628. The van der Waals surface area contributed by atoms with E-state index in [9.17, 15) is 25.2 Å². The normalized spacial score (nSPS) is 26.7. The van der Waals surface area contributed by atoms with Crippen molar-refractivity contribution in [3.8, 4) is 29.1 Å². The third-order valence-corrected chi connectivity index (χ3v) is 16.5. The van der Waals surface area contributed by atoms with Crippen LogP contribution >= 0.6 is 21.6 Å². The standard InChI is InChI=1S/C51H60N4O6S2/c1-54-20-3-2-6-36-14-18-51-30-50(36,28-48(51)60)19-15-37(56)11-8-32-10-13-45(58)47(24-32)61-22-17-33-9-12-44(57)42(23-33)41-27-46(59)38-16-21-55-43(38)7-4-5-34-25-40(49(52)53)35(26-39(34)41)29-62-63-31-51/h9-10,12-13,15-16,19,21,23-26,36,41,48-49,54,57-60H,2-3,6-8,11,14,17-18,20,22,27-31,52-53H2,1H3/p-1/b19-15+,46-38?/t36-,41+,48-,50+,51+/m1/s1. The molecule has 2 heterocycles. The van der Waals surface area contributed by atoms with Crippen molar-refractivity contribution in [2.75, 3.05) is 26.0 Å². The van der Waals surface area contributed by atoms with Crippen LogP contribution in [0.3, 0.4) is 0 Å². The van der Waals surface area contributed by atoms with Gasteiger partial charge in [-0.3, -0.25) is 9.79 Å². The van der Waals surface area contributed by atoms with Crippen molar-refractivity contribution in [3.05, 3.63) is 123 Å². The van der Waals surface area contributed by atoms with Gasteiger partial charge in [0.2, 0.25) is 0 Å². The van der Waals surface area contributed by atoms with Crippen LogP contribution in [0.1, 0.15) is 115 Å². The van der Waals surface area contributed by atoms with Gasteiger partial charge in [0.1, 0.15) is 5.75 Å². The lowest BCUT2D eigenvalue weighted by Gasteiger charge is -2.44. The summed E-state index contributed by atoms with van der Waals surface area (Å²) in [4.78, 5) is 18.0. The number of hydrogen-bond acceptors (Lipinski definition) is 12. The van der Waals surface area contributed by atoms with E-state index in [1.54, 1.807) is 58.1 Å². The minimum atomic E-state index is -0.779. The third kappa shape index (κ3) is 9.95. The predicted molar refractivity (Wildman–Crippen MR) is 251 cm³/mol. The number of carbonyl (C=O) groups excluding carboxylic acids is 1. The zero-order valence-corrected chi connectivity index (χ0v) is 37.7. The van der Waals surface area contributed by atoms with Crippen LogP contribution in [0.25, 0.3) is 0 Å². The van der Waals surface area contributed by atoms with Gasteiger partial charge in [0, 0.05) is 53.0 Å². The molecule has 10 nitrogen and oxygen atoms in total. The second-order valence-corrected chi connectivity index (χ2v) is 20.5. The first-order valence-corrected chi connectivity index (χ1v) is 24.8. The summed E-state index contributed by atoms with van der Waals surface area (Å²) in [6.07, 6.45) is 14.4. The number of fused-ring (bicyclic) bond motifs is 7. The number of ketones is 1. The number of aliphatic hydroxyl groups is 1. The van der Waals surface area contributed by atoms with Crippen LogP contribution in [-0.2, 0) is 23.4 Å². The Bertz CT molecular complexity index is 2400. The molecule has 8 rings (SSSR count). The summed E-state index contributed by atoms with van der Waals surface area (Å²) >= 11 is 0. The fourth-order valence-corrected chi connectivity index (χ4v) is 13.3. The number of allylic oxidation sites excluding steroid dienone is 5. The largest absolute Gasteiger partial charge is 0.875 e. The van der Waals surface area contributed by atoms with Gasteiger partial charge in [-0.25, -0.2) is 0 Å². The van der Waals surface area contributed by atoms with E-state index in [2.05, 4.69) is 34.3 Å². The Morgan fingerprint density at radius 1 is 1.02 bits per heavy atom. The van der Waals surface area contributed by atoms with Crippen molar-refractivity contribution >= 4 is 33.1 Å². The lowest BCUT2D eigenvalue weighted by molar-refractivity contribution is -0.307. The molecule has 8 bridgehead atoms. The Morgan fingerprint density at radius 2 is 1.84 bits per heavy atom. The Kier molecular flexibility index (Phi) is 14.1. The number of ether oxygens (including phenoxy) is 1. The average molecular weight is 888 g/mol. The molecule has 2 aliphatic heterocycles. The highest BCUT2D eigenvalue weighted by atomic mass is 33.1. The number of nitrogens with two attached hydrogens (primary N) is 2. The summed E-state index contributed by atoms with van der Waals surface area (Å²) in [5, 5.41) is 51.7. The number of unbranched alkanes of at least 4 members (excludes halogenated alkanes) is 1. The van der Waals surface area contributed by atoms with Crippen LogP contribution in [0.5, 0.6) is 17.2 Å². The Balaban J connectivity index is 1.17. The molecule has 0 saturated heterocycles. The van der Waals surface area contributed by atoms with Crippen molar-refractivity contribution < 1.29 is 30.0 Å². The van der Waals surface area contributed by atoms with E-state index >= 15 is 0 Å². The molecule has 5 aliphatic rings. The molecule has 3 aromatic carbocycles. The highest BCUT2D eigenvalue weighted by Gasteiger charge is 2.58. The number of aromatic hydroxyl groups is 2. The maximum atomic E-state index is 14.2. The molecular formula is C51H59N4O6S2-. The number of phenols is 2. The number of phenolic OH excluding ortho intramolecular Hbond substituents is 2. The minimum absolute atomic E-state index is 0.0111. The van der Waals surface area contributed by atoms with Gasteiger partial charge in [0.25, 0.3) is 0 Å². The van der Waals surface area contributed by atoms with Crippen molar-refractivity contribution in [1.29, 1.82) is 0 Å². The second-order valence-electron chi connectivity index (χ2n) is 18.1. The topological polar surface area (TPSA) is 186 Å². The van der Waals surface area contributed by atoms with Crippen LogP contribution in [0.4, 0.5) is 0 Å². The molecule has 3 aromatic rings. The maximum Gasteiger partial charge on any atom is 0.161 e. The summed E-state index contributed by atoms with van der Waals surface area (Å²) in [6.45, 7) is 1.20. The van der Waals surface area contributed by atoms with E-state index in [0.717, 1.165) is 78.6 Å². The highest BCUT2D eigenvalue weighted by molar-refractivity contribution is 8.76. The lowest BCUT2D eigenvalue weighted by Crippen LogP contribution is -2.38. The SMILES string of the molecule is CNCCCC[C@@H]1CC[C@]23CSSCc4cc5c(cc4C(N)N)C#CCC4=NC=CC4=C([O-])C[C@@H]5c4cc(ccc4O)CCOc4cc(ccc4O)CCC(=O)/C=C/[C@]1(C[C@H]2O)C3. The smallest absolute Gasteiger partial charge is 0.161 e. The Hall–Kier alpha value is -4.48. The van der Waals surface area contributed by atoms with Gasteiger partial charge in [0.05, 0.1) is 31.0 Å². The number of rotatable bonds is 6. The van der Waals surface area contributed by atoms with Crippen LogP contribution in [0.15, 0.2) is 89.3 Å². The second kappa shape index (κ2) is 19.7. The van der Waals surface area contributed by atoms with Gasteiger partial charge in [-0.1, -0.05) is 70.2 Å². The summed E-state index contributed by atoms with van der Waals surface area (Å²) in [6, 6.07) is 14.7. The third-order valence-electron chi connectivity index (χ3n) is 14.0. The predicted octanol–water partition coefficient (Wildman–Crippen LogP) is 7.38. The van der Waals surface area contributed by atoms with Crippen molar-refractivity contribution in [1.82, 2.24) is 5.32 Å². The van der Waals surface area contributed by atoms with E-state index in [1.807, 2.05) is 31.3 Å². The van der Waals surface area contributed by atoms with E-state index in [-0.39, 0.29) is 46.9 Å². The van der Waals surface area contributed by atoms with Gasteiger partial charge < -0.3 is 41.9 Å². The van der Waals surface area contributed by atoms with Gasteiger partial charge >= 0.3 is 0 Å². The number of aryl methyl sites for hydroxylation is 1. The number of aliphatic hydroxyl groups excluding tert-OH is 1. The Labute approximate surface area is 379 Å². The van der Waals surface area contributed by atoms with Crippen LogP contribution < -0.4 is 26.6 Å². The summed E-state index contributed by atoms with van der Waals surface area (Å²) in [5.74, 6) is 8.13. The molecule has 2 fully saturated rings. The van der Waals surface area contributed by atoms with Gasteiger partial charge in [-0.2, -0.15) is 0 Å². The maximum absolute atomic E-state index is 14.2. The van der Waals surface area contributed by atoms with Crippen LogP contribution in [0, 0.1) is 28.6 Å². The van der Waals surface area contributed by atoms with E-state index < -0.39 is 18.2 Å². The van der Waals surface area contributed by atoms with E-state index in [1.165, 1.54) is 0 Å². The number of hydrogen-bond donors (Lipinski definition) is 6. The number of aliphatic imine (C=N–C) groups is 1. The molecule has 2 saturated carbocycles. The molecule has 5 atom stereocenters. The number of carbonyl (C=O) groups is 1. The molecule has 0 amide bonds. The molecule has 8 N–H and O–H groups in total. The average Bonchev–Trinajstić information content (AvgIpc) is 3.83. The number of benzene rings is 3. The summed E-state index contributed by atoms with van der Waals surface area (Å²) in [7, 11) is 5.44. The molecular weight excluding hydrogens is 829 g/mol. The van der Waals surface area contributed by atoms with E-state index in [4.69, 9.17) is 16.2 Å². The van der Waals surface area contributed by atoms with Crippen molar-refractivity contribution in [2.24, 2.45) is 33.2 Å². The molecule has 0 spiro atoms. The molecule has 0 radical (unpaired) electrons.